The summed E-state index contributed by atoms with van der Waals surface area (Å²) in [5.41, 5.74) is 0.666. The highest BCUT2D eigenvalue weighted by Gasteiger charge is 2.23. The van der Waals surface area contributed by atoms with Gasteiger partial charge < -0.3 is 9.73 Å². The summed E-state index contributed by atoms with van der Waals surface area (Å²) in [6.45, 7) is 2.13. The Hall–Kier alpha value is -2.00. The molecule has 0 atom stereocenters. The minimum absolute atomic E-state index is 0.109. The van der Waals surface area contributed by atoms with E-state index in [1.54, 1.807) is 19.1 Å². The normalized spacial score (nSPS) is 20.8. The molecule has 1 aromatic heterocycles. The predicted molar refractivity (Wildman–Crippen MR) is 96.5 cm³/mol. The number of nitrogens with one attached hydrogen (secondary N) is 2. The monoisotopic (exact) mass is 382 g/mol. The number of hydrogen-bond donors (Lipinski definition) is 2. The number of sulfonamides is 1. The lowest BCUT2D eigenvalue weighted by atomic mass is 9.86. The molecule has 2 aromatic rings. The average Bonchev–Trinajstić information content (AvgIpc) is 3.10. The van der Waals surface area contributed by atoms with Crippen LogP contribution in [0, 0.1) is 11.7 Å². The topological polar surface area (TPSA) is 97.1 Å². The molecule has 0 bridgehead atoms. The van der Waals surface area contributed by atoms with E-state index < -0.39 is 10.0 Å². The molecule has 1 aromatic carbocycles. The molecule has 0 aliphatic heterocycles. The quantitative estimate of drug-likeness (QED) is 0.764. The molecule has 0 amide bonds. The Morgan fingerprint density at radius 2 is 1.85 bits per heavy atom. The molecule has 0 radical (unpaired) electrons. The molecule has 2 N–H and O–H groups in total. The largest absolute Gasteiger partial charge is 0.403 e. The first-order chi connectivity index (χ1) is 12.4. The Kier molecular flexibility index (Phi) is 5.87. The zero-order chi connectivity index (χ0) is 18.6. The first-order valence-corrected chi connectivity index (χ1v) is 10.4. The molecular weight excluding hydrogens is 359 g/mol. The predicted octanol–water partition coefficient (Wildman–Crippen LogP) is 2.79. The Labute approximate surface area is 152 Å². The van der Waals surface area contributed by atoms with Gasteiger partial charge in [0.25, 0.3) is 0 Å². The van der Waals surface area contributed by atoms with Crippen molar-refractivity contribution in [3.63, 3.8) is 0 Å². The molecule has 26 heavy (non-hydrogen) atoms. The summed E-state index contributed by atoms with van der Waals surface area (Å²) in [6, 6.07) is 6.45. The van der Waals surface area contributed by atoms with Gasteiger partial charge in [0.05, 0.1) is 5.75 Å². The van der Waals surface area contributed by atoms with Gasteiger partial charge in [-0.05, 0) is 62.8 Å². The van der Waals surface area contributed by atoms with Crippen molar-refractivity contribution < 1.29 is 17.2 Å². The number of nitrogens with zero attached hydrogens (tertiary/aromatic N) is 2. The molecule has 7 nitrogen and oxygen atoms in total. The Morgan fingerprint density at radius 3 is 2.50 bits per heavy atom. The molecule has 1 saturated carbocycles. The fourth-order valence-corrected chi connectivity index (χ4v) is 3.72. The first-order valence-electron chi connectivity index (χ1n) is 8.78. The molecule has 1 fully saturated rings. The fraction of sp³-hybridized carbons (Fsp3) is 0.529. The molecule has 142 valence electrons. The summed E-state index contributed by atoms with van der Waals surface area (Å²) < 4.78 is 44.2. The van der Waals surface area contributed by atoms with Crippen LogP contribution in [0.3, 0.4) is 0 Å². The number of benzene rings is 1. The minimum Gasteiger partial charge on any atom is -0.403 e. The third kappa shape index (κ3) is 5.01. The average molecular weight is 382 g/mol. The number of halogens is 1. The van der Waals surface area contributed by atoms with Crippen molar-refractivity contribution in [3.8, 4) is 11.5 Å². The molecular formula is C17H23FN4O3S. The third-order valence-electron chi connectivity index (χ3n) is 4.66. The molecule has 0 unspecified atom stereocenters. The van der Waals surface area contributed by atoms with Crippen molar-refractivity contribution in [2.24, 2.45) is 5.92 Å². The molecule has 9 heteroatoms. The van der Waals surface area contributed by atoms with E-state index in [0.29, 0.717) is 29.9 Å². The van der Waals surface area contributed by atoms with Gasteiger partial charge in [0.15, 0.2) is 0 Å². The van der Waals surface area contributed by atoms with Gasteiger partial charge in [-0.25, -0.2) is 17.5 Å². The summed E-state index contributed by atoms with van der Waals surface area (Å²) in [7, 11) is -3.13. The van der Waals surface area contributed by atoms with Gasteiger partial charge in [-0.2, -0.15) is 0 Å². The number of anilines is 1. The van der Waals surface area contributed by atoms with Crippen molar-refractivity contribution in [2.45, 2.75) is 38.6 Å². The molecule has 3 rings (SSSR count). The van der Waals surface area contributed by atoms with E-state index in [4.69, 9.17) is 4.42 Å². The van der Waals surface area contributed by atoms with Crippen molar-refractivity contribution in [1.82, 2.24) is 14.9 Å². The van der Waals surface area contributed by atoms with E-state index in [0.717, 1.165) is 25.7 Å². The van der Waals surface area contributed by atoms with Gasteiger partial charge in [0.1, 0.15) is 5.82 Å². The summed E-state index contributed by atoms with van der Waals surface area (Å²) in [5, 5.41) is 11.2. The maximum absolute atomic E-state index is 13.0. The highest BCUT2D eigenvalue weighted by Crippen LogP contribution is 2.27. The van der Waals surface area contributed by atoms with Crippen molar-refractivity contribution in [1.29, 1.82) is 0 Å². The summed E-state index contributed by atoms with van der Waals surface area (Å²) in [4.78, 5) is 0. The van der Waals surface area contributed by atoms with Gasteiger partial charge in [0, 0.05) is 18.2 Å². The highest BCUT2D eigenvalue weighted by molar-refractivity contribution is 7.89. The first kappa shape index (κ1) is 18.8. The number of rotatable bonds is 7. The minimum atomic E-state index is -3.13. The lowest BCUT2D eigenvalue weighted by Gasteiger charge is -2.28. The van der Waals surface area contributed by atoms with E-state index in [1.165, 1.54) is 12.1 Å². The summed E-state index contributed by atoms with van der Waals surface area (Å²) in [6.07, 6.45) is 3.69. The fourth-order valence-electron chi connectivity index (χ4n) is 3.02. The Morgan fingerprint density at radius 1 is 1.15 bits per heavy atom. The zero-order valence-electron chi connectivity index (χ0n) is 14.6. The summed E-state index contributed by atoms with van der Waals surface area (Å²) >= 11 is 0. The molecule has 1 heterocycles. The van der Waals surface area contributed by atoms with Crippen molar-refractivity contribution in [3.05, 3.63) is 30.1 Å². The molecule has 1 aliphatic carbocycles. The van der Waals surface area contributed by atoms with Crippen LogP contribution in [0.1, 0.15) is 32.6 Å². The second-order valence-electron chi connectivity index (χ2n) is 6.53. The van der Waals surface area contributed by atoms with Crippen LogP contribution in [0.25, 0.3) is 11.5 Å². The van der Waals surface area contributed by atoms with Crippen LogP contribution in [0.5, 0.6) is 0 Å². The smallest absolute Gasteiger partial charge is 0.315 e. The van der Waals surface area contributed by atoms with Gasteiger partial charge in [0.2, 0.25) is 15.9 Å². The zero-order valence-corrected chi connectivity index (χ0v) is 15.4. The second-order valence-corrected chi connectivity index (χ2v) is 8.63. The van der Waals surface area contributed by atoms with Crippen LogP contribution < -0.4 is 10.0 Å². The van der Waals surface area contributed by atoms with Gasteiger partial charge in [-0.15, -0.1) is 5.10 Å². The van der Waals surface area contributed by atoms with Gasteiger partial charge in [-0.3, -0.25) is 0 Å². The van der Waals surface area contributed by atoms with E-state index >= 15 is 0 Å². The van der Waals surface area contributed by atoms with Crippen LogP contribution in [-0.4, -0.2) is 37.0 Å². The van der Waals surface area contributed by atoms with Crippen LogP contribution >= 0.6 is 0 Å². The number of hydrogen-bond acceptors (Lipinski definition) is 6. The van der Waals surface area contributed by atoms with E-state index in [2.05, 4.69) is 20.2 Å². The standard InChI is InChI=1S/C17H23FN4O3S/c1-2-26(23,24)19-11-12-3-9-15(10-4-12)20-17-22-21-16(25-17)13-5-7-14(18)8-6-13/h5-8,12,15,19H,2-4,9-11H2,1H3,(H,20,22)/t12-,15-. The van der Waals surface area contributed by atoms with Crippen molar-refractivity contribution >= 4 is 16.0 Å². The van der Waals surface area contributed by atoms with E-state index in [1.807, 2.05) is 0 Å². The second kappa shape index (κ2) is 8.13. The maximum Gasteiger partial charge on any atom is 0.315 e. The van der Waals surface area contributed by atoms with Crippen LogP contribution in [0.4, 0.5) is 10.4 Å². The summed E-state index contributed by atoms with van der Waals surface area (Å²) in [5.74, 6) is 0.490. The Bertz CT molecular complexity index is 815. The van der Waals surface area contributed by atoms with Crippen molar-refractivity contribution in [2.75, 3.05) is 17.6 Å². The Balaban J connectivity index is 1.48. The van der Waals surface area contributed by atoms with Crippen LogP contribution in [0.2, 0.25) is 0 Å². The highest BCUT2D eigenvalue weighted by atomic mass is 32.2. The van der Waals surface area contributed by atoms with E-state index in [-0.39, 0.29) is 17.6 Å². The van der Waals surface area contributed by atoms with Gasteiger partial charge in [-0.1, -0.05) is 5.10 Å². The lowest BCUT2D eigenvalue weighted by molar-refractivity contribution is 0.334. The maximum atomic E-state index is 13.0. The molecule has 1 aliphatic rings. The van der Waals surface area contributed by atoms with Gasteiger partial charge >= 0.3 is 6.01 Å². The lowest BCUT2D eigenvalue weighted by Crippen LogP contribution is -2.34. The third-order valence-corrected chi connectivity index (χ3v) is 6.03. The van der Waals surface area contributed by atoms with E-state index in [9.17, 15) is 12.8 Å². The number of aromatic nitrogens is 2. The van der Waals surface area contributed by atoms with Crippen LogP contribution in [0.15, 0.2) is 28.7 Å². The SMILES string of the molecule is CCS(=O)(=O)NC[C@H]1CC[C@H](Nc2nnc(-c3ccc(F)cc3)o2)CC1. The van der Waals surface area contributed by atoms with Crippen LogP contribution in [-0.2, 0) is 10.0 Å². The molecule has 0 spiro atoms. The molecule has 0 saturated heterocycles.